The van der Waals surface area contributed by atoms with Gasteiger partial charge in [-0.2, -0.15) is 5.26 Å². The summed E-state index contributed by atoms with van der Waals surface area (Å²) in [5.41, 5.74) is 3.15. The lowest BCUT2D eigenvalue weighted by molar-refractivity contribution is -0.122. The summed E-state index contributed by atoms with van der Waals surface area (Å²) < 4.78 is 17.5. The van der Waals surface area contributed by atoms with Gasteiger partial charge in [-0.3, -0.25) is 4.79 Å². The van der Waals surface area contributed by atoms with Gasteiger partial charge in [-0.15, -0.1) is 0 Å². The second-order valence-corrected chi connectivity index (χ2v) is 7.91. The molecule has 3 aromatic carbocycles. The maximum atomic E-state index is 14.0. The summed E-state index contributed by atoms with van der Waals surface area (Å²) in [7, 11) is 0. The minimum atomic E-state index is -0.922. The monoisotopic (exact) mass is 410 g/mol. The number of nitriles is 1. The quantitative estimate of drug-likeness (QED) is 0.646. The third-order valence-corrected chi connectivity index (χ3v) is 6.21. The lowest BCUT2D eigenvalue weighted by atomic mass is 9.77. The van der Waals surface area contributed by atoms with Gasteiger partial charge in [0.15, 0.2) is 11.5 Å². The van der Waals surface area contributed by atoms with Crippen molar-refractivity contribution in [2.24, 2.45) is 0 Å². The fraction of sp³-hybridized carbons (Fsp3) is 0.200. The largest absolute Gasteiger partial charge is 0.491 e. The van der Waals surface area contributed by atoms with Crippen molar-refractivity contribution in [3.63, 3.8) is 0 Å². The van der Waals surface area contributed by atoms with Gasteiger partial charge in [0.2, 0.25) is 5.91 Å². The Hall–Kier alpha value is -3.98. The van der Waals surface area contributed by atoms with Crippen LogP contribution in [0.3, 0.4) is 0 Å². The molecule has 1 amide bonds. The van der Waals surface area contributed by atoms with Gasteiger partial charge in [0.1, 0.15) is 31.0 Å². The molecule has 6 nitrogen and oxygen atoms in total. The second kappa shape index (κ2) is 6.51. The van der Waals surface area contributed by atoms with Crippen LogP contribution in [-0.4, -0.2) is 25.7 Å². The fourth-order valence-corrected chi connectivity index (χ4v) is 4.79. The lowest BCUT2D eigenvalue weighted by Gasteiger charge is -2.24. The van der Waals surface area contributed by atoms with Crippen molar-refractivity contribution in [1.29, 1.82) is 5.26 Å². The number of rotatable bonds is 2. The van der Waals surface area contributed by atoms with Crippen molar-refractivity contribution in [2.45, 2.75) is 12.0 Å². The van der Waals surface area contributed by atoms with E-state index >= 15 is 0 Å². The number of anilines is 1. The Labute approximate surface area is 179 Å². The molecule has 1 atom stereocenters. The Morgan fingerprint density at radius 1 is 0.903 bits per heavy atom. The molecule has 152 valence electrons. The summed E-state index contributed by atoms with van der Waals surface area (Å²) in [6, 6.07) is 21.1. The SMILES string of the molecule is N#Cc1cccc(CN2C(=O)[C@@]3(COc4cc5c(cc43)OCCO5)c3ccccc32)c1. The van der Waals surface area contributed by atoms with Crippen LogP contribution in [0.15, 0.2) is 60.7 Å². The third-order valence-electron chi connectivity index (χ3n) is 6.21. The molecule has 0 bridgehead atoms. The second-order valence-electron chi connectivity index (χ2n) is 7.91. The smallest absolute Gasteiger partial charge is 0.246 e. The first-order valence-electron chi connectivity index (χ1n) is 10.2. The summed E-state index contributed by atoms with van der Waals surface area (Å²) in [5, 5.41) is 9.24. The van der Waals surface area contributed by atoms with Crippen molar-refractivity contribution < 1.29 is 19.0 Å². The first-order valence-corrected chi connectivity index (χ1v) is 10.2. The minimum Gasteiger partial charge on any atom is -0.491 e. The van der Waals surface area contributed by atoms with Crippen LogP contribution in [0, 0.1) is 11.3 Å². The van der Waals surface area contributed by atoms with Gasteiger partial charge < -0.3 is 19.1 Å². The van der Waals surface area contributed by atoms with E-state index in [1.54, 1.807) is 11.0 Å². The maximum absolute atomic E-state index is 14.0. The first-order chi connectivity index (χ1) is 15.2. The number of fused-ring (bicyclic) bond motifs is 5. The van der Waals surface area contributed by atoms with Gasteiger partial charge in [-0.1, -0.05) is 30.3 Å². The number of amides is 1. The molecule has 6 heteroatoms. The van der Waals surface area contributed by atoms with Crippen LogP contribution in [0.25, 0.3) is 0 Å². The summed E-state index contributed by atoms with van der Waals surface area (Å²) in [5.74, 6) is 1.90. The minimum absolute atomic E-state index is 0.0357. The number of carbonyl (C=O) groups excluding carboxylic acids is 1. The Bertz CT molecular complexity index is 1280. The number of carbonyl (C=O) groups is 1. The zero-order chi connectivity index (χ0) is 21.0. The van der Waals surface area contributed by atoms with E-state index in [9.17, 15) is 10.1 Å². The highest BCUT2D eigenvalue weighted by Gasteiger charge is 2.57. The molecule has 0 radical (unpaired) electrons. The summed E-state index contributed by atoms with van der Waals surface area (Å²) in [4.78, 5) is 15.8. The topological polar surface area (TPSA) is 71.8 Å². The van der Waals surface area contributed by atoms with E-state index in [1.165, 1.54) is 0 Å². The van der Waals surface area contributed by atoms with Crippen LogP contribution >= 0.6 is 0 Å². The highest BCUT2D eigenvalue weighted by molar-refractivity contribution is 6.11. The number of hydrogen-bond acceptors (Lipinski definition) is 5. The molecule has 3 aliphatic heterocycles. The summed E-state index contributed by atoms with van der Waals surface area (Å²) in [6.45, 7) is 1.59. The normalized spacial score (nSPS) is 20.2. The molecule has 0 aromatic heterocycles. The molecule has 31 heavy (non-hydrogen) atoms. The van der Waals surface area contributed by atoms with Crippen LogP contribution in [0.1, 0.15) is 22.3 Å². The molecule has 1 spiro atoms. The average molecular weight is 410 g/mol. The zero-order valence-electron chi connectivity index (χ0n) is 16.6. The van der Waals surface area contributed by atoms with Crippen molar-refractivity contribution in [3.05, 3.63) is 82.9 Å². The molecular formula is C25H18N2O4. The summed E-state index contributed by atoms with van der Waals surface area (Å²) >= 11 is 0. The molecular weight excluding hydrogens is 392 g/mol. The third kappa shape index (κ3) is 2.47. The number of benzene rings is 3. The molecule has 0 saturated carbocycles. The molecule has 0 aliphatic carbocycles. The van der Waals surface area contributed by atoms with E-state index in [4.69, 9.17) is 14.2 Å². The number of nitrogens with zero attached hydrogens (tertiary/aromatic N) is 2. The van der Waals surface area contributed by atoms with E-state index in [0.29, 0.717) is 42.6 Å². The van der Waals surface area contributed by atoms with Crippen molar-refractivity contribution in [1.82, 2.24) is 0 Å². The molecule has 0 saturated heterocycles. The van der Waals surface area contributed by atoms with Gasteiger partial charge in [0.05, 0.1) is 18.2 Å². The zero-order valence-corrected chi connectivity index (χ0v) is 16.6. The predicted octanol–water partition coefficient (Wildman–Crippen LogP) is 3.55. The highest BCUT2D eigenvalue weighted by atomic mass is 16.6. The van der Waals surface area contributed by atoms with Crippen molar-refractivity contribution in [2.75, 3.05) is 24.7 Å². The molecule has 0 unspecified atom stereocenters. The number of hydrogen-bond donors (Lipinski definition) is 0. The Kier molecular flexibility index (Phi) is 3.75. The highest BCUT2D eigenvalue weighted by Crippen LogP contribution is 2.54. The van der Waals surface area contributed by atoms with Gasteiger partial charge >= 0.3 is 0 Å². The predicted molar refractivity (Wildman–Crippen MR) is 112 cm³/mol. The molecule has 0 N–H and O–H groups in total. The first kappa shape index (κ1) is 17.8. The Morgan fingerprint density at radius 2 is 1.71 bits per heavy atom. The molecule has 0 fully saturated rings. The number of ether oxygens (including phenoxy) is 3. The van der Waals surface area contributed by atoms with Crippen molar-refractivity contribution >= 4 is 11.6 Å². The van der Waals surface area contributed by atoms with E-state index in [-0.39, 0.29) is 12.5 Å². The Balaban J connectivity index is 1.48. The van der Waals surface area contributed by atoms with E-state index in [0.717, 1.165) is 22.4 Å². The van der Waals surface area contributed by atoms with Gasteiger partial charge in [0, 0.05) is 17.3 Å². The molecule has 3 aromatic rings. The number of para-hydroxylation sites is 1. The van der Waals surface area contributed by atoms with Gasteiger partial charge in [-0.25, -0.2) is 0 Å². The van der Waals surface area contributed by atoms with Gasteiger partial charge in [0.25, 0.3) is 0 Å². The summed E-state index contributed by atoms with van der Waals surface area (Å²) in [6.07, 6.45) is 0. The van der Waals surface area contributed by atoms with Crippen LogP contribution in [0.4, 0.5) is 5.69 Å². The average Bonchev–Trinajstić information content (AvgIpc) is 3.30. The van der Waals surface area contributed by atoms with Crippen molar-refractivity contribution in [3.8, 4) is 23.3 Å². The molecule has 3 heterocycles. The maximum Gasteiger partial charge on any atom is 0.246 e. The molecule has 3 aliphatic rings. The van der Waals surface area contributed by atoms with E-state index < -0.39 is 5.41 Å². The van der Waals surface area contributed by atoms with Gasteiger partial charge in [-0.05, 0) is 35.4 Å². The van der Waals surface area contributed by atoms with Crippen LogP contribution in [-0.2, 0) is 16.8 Å². The standard InChI is InChI=1S/C25H18N2O4/c26-13-16-4-3-5-17(10-16)14-27-20-7-2-1-6-18(20)25(24(27)28)15-31-21-12-23-22(11-19(21)25)29-8-9-30-23/h1-7,10-12H,8-9,14-15H2/t25-/m0/s1. The molecule has 6 rings (SSSR count). The van der Waals surface area contributed by atoms with Crippen LogP contribution in [0.5, 0.6) is 17.2 Å². The van der Waals surface area contributed by atoms with Crippen LogP contribution in [0.2, 0.25) is 0 Å². The van der Waals surface area contributed by atoms with E-state index in [2.05, 4.69) is 6.07 Å². The van der Waals surface area contributed by atoms with E-state index in [1.807, 2.05) is 54.6 Å². The Morgan fingerprint density at radius 3 is 2.55 bits per heavy atom. The fourth-order valence-electron chi connectivity index (χ4n) is 4.79. The lowest BCUT2D eigenvalue weighted by Crippen LogP contribution is -2.42. The van der Waals surface area contributed by atoms with Crippen LogP contribution < -0.4 is 19.1 Å².